The molecule has 2 heterocycles. The maximum Gasteiger partial charge on any atom is 0.340 e. The number of anilines is 1. The lowest BCUT2D eigenvalue weighted by atomic mass is 10.1. The van der Waals surface area contributed by atoms with Crippen molar-refractivity contribution in [1.82, 2.24) is 10.2 Å². The predicted octanol–water partition coefficient (Wildman–Crippen LogP) is 5.28. The molecule has 0 saturated carbocycles. The molecule has 34 heavy (non-hydrogen) atoms. The second kappa shape index (κ2) is 9.94. The molecule has 0 aliphatic rings. The van der Waals surface area contributed by atoms with Gasteiger partial charge in [-0.25, -0.2) is 9.18 Å². The van der Waals surface area contributed by atoms with Gasteiger partial charge < -0.3 is 10.1 Å². The molecule has 2 N–H and O–H groups in total. The number of thiophene rings is 1. The van der Waals surface area contributed by atoms with E-state index in [2.05, 4.69) is 15.5 Å². The lowest BCUT2D eigenvalue weighted by Gasteiger charge is -2.05. The van der Waals surface area contributed by atoms with Crippen molar-refractivity contribution in [3.63, 3.8) is 0 Å². The van der Waals surface area contributed by atoms with Crippen LogP contribution in [0.3, 0.4) is 0 Å². The van der Waals surface area contributed by atoms with Crippen LogP contribution in [0.5, 0.6) is 0 Å². The number of amides is 1. The first-order valence-corrected chi connectivity index (χ1v) is 10.8. The van der Waals surface area contributed by atoms with E-state index in [1.807, 2.05) is 36.4 Å². The Hall–Kier alpha value is -4.55. The van der Waals surface area contributed by atoms with Crippen molar-refractivity contribution < 1.29 is 18.7 Å². The van der Waals surface area contributed by atoms with Gasteiger partial charge in [0.15, 0.2) is 0 Å². The number of hydrogen-bond donors (Lipinski definition) is 2. The van der Waals surface area contributed by atoms with E-state index in [0.29, 0.717) is 16.8 Å². The topological polar surface area (TPSA) is 108 Å². The molecule has 0 atom stereocenters. The summed E-state index contributed by atoms with van der Waals surface area (Å²) in [7, 11) is 1.25. The van der Waals surface area contributed by atoms with Gasteiger partial charge in [-0.1, -0.05) is 30.3 Å². The lowest BCUT2D eigenvalue weighted by Crippen LogP contribution is -2.15. The van der Waals surface area contributed by atoms with Crippen LogP contribution in [-0.2, 0) is 9.53 Å². The van der Waals surface area contributed by atoms with E-state index in [4.69, 9.17) is 4.74 Å². The molecule has 4 aromatic rings. The molecular formula is C25H17FN4O3S. The van der Waals surface area contributed by atoms with Gasteiger partial charge in [0.1, 0.15) is 22.5 Å². The van der Waals surface area contributed by atoms with E-state index >= 15 is 0 Å². The fourth-order valence-corrected chi connectivity index (χ4v) is 4.26. The van der Waals surface area contributed by atoms with E-state index < -0.39 is 11.9 Å². The fourth-order valence-electron chi connectivity index (χ4n) is 3.22. The van der Waals surface area contributed by atoms with Gasteiger partial charge in [0.25, 0.3) is 5.91 Å². The maximum absolute atomic E-state index is 13.3. The van der Waals surface area contributed by atoms with Gasteiger partial charge in [0, 0.05) is 16.0 Å². The Bertz CT molecular complexity index is 1420. The SMILES string of the molecule is COC(=O)c1cc(-c2ccccc2)sc1NC(=O)/C(C#N)=C/c1cn[nH]c1-c1ccc(F)cc1. The van der Waals surface area contributed by atoms with Crippen LogP contribution < -0.4 is 5.32 Å². The number of nitriles is 1. The molecule has 0 aliphatic heterocycles. The van der Waals surface area contributed by atoms with E-state index in [1.54, 1.807) is 18.2 Å². The molecule has 9 heteroatoms. The Morgan fingerprint density at radius 1 is 1.15 bits per heavy atom. The molecule has 0 saturated heterocycles. The van der Waals surface area contributed by atoms with Crippen molar-refractivity contribution in [3.8, 4) is 27.8 Å². The minimum atomic E-state index is -0.694. The van der Waals surface area contributed by atoms with Gasteiger partial charge >= 0.3 is 5.97 Å². The molecular weight excluding hydrogens is 455 g/mol. The number of carbonyl (C=O) groups is 2. The molecule has 0 bridgehead atoms. The third kappa shape index (κ3) is 4.77. The highest BCUT2D eigenvalue weighted by molar-refractivity contribution is 7.20. The molecule has 0 unspecified atom stereocenters. The van der Waals surface area contributed by atoms with E-state index in [9.17, 15) is 19.2 Å². The molecule has 0 fully saturated rings. The Morgan fingerprint density at radius 2 is 1.88 bits per heavy atom. The highest BCUT2D eigenvalue weighted by Crippen LogP contribution is 2.36. The summed E-state index contributed by atoms with van der Waals surface area (Å²) in [4.78, 5) is 26.0. The van der Waals surface area contributed by atoms with Crippen molar-refractivity contribution in [2.24, 2.45) is 0 Å². The second-order valence-corrected chi connectivity index (χ2v) is 8.09. The molecule has 168 valence electrons. The number of nitrogens with zero attached hydrogens (tertiary/aromatic N) is 2. The summed E-state index contributed by atoms with van der Waals surface area (Å²) in [6.45, 7) is 0. The zero-order chi connectivity index (χ0) is 24.1. The molecule has 0 aliphatic carbocycles. The summed E-state index contributed by atoms with van der Waals surface area (Å²) in [5.74, 6) is -1.69. The quantitative estimate of drug-likeness (QED) is 0.226. The van der Waals surface area contributed by atoms with Crippen molar-refractivity contribution in [1.29, 1.82) is 5.26 Å². The smallest absolute Gasteiger partial charge is 0.340 e. The number of aromatic nitrogens is 2. The van der Waals surface area contributed by atoms with E-state index in [0.717, 1.165) is 10.4 Å². The standard InChI is InChI=1S/C25H17FN4O3S/c1-33-25(32)20-12-21(15-5-3-2-4-6-15)34-24(20)29-23(31)17(13-27)11-18-14-28-30-22(18)16-7-9-19(26)10-8-16/h2-12,14H,1H3,(H,28,30)(H,29,31)/b17-11+. The monoisotopic (exact) mass is 472 g/mol. The first-order valence-electron chi connectivity index (χ1n) is 10.00. The largest absolute Gasteiger partial charge is 0.465 e. The van der Waals surface area contributed by atoms with Crippen molar-refractivity contribution >= 4 is 34.3 Å². The number of rotatable bonds is 6. The third-order valence-electron chi connectivity index (χ3n) is 4.89. The van der Waals surface area contributed by atoms with Crippen molar-refractivity contribution in [2.45, 2.75) is 0 Å². The average Bonchev–Trinajstić information content (AvgIpc) is 3.50. The number of nitrogens with one attached hydrogen (secondary N) is 2. The number of aromatic amines is 1. The van der Waals surface area contributed by atoms with Gasteiger partial charge in [-0.15, -0.1) is 11.3 Å². The third-order valence-corrected chi connectivity index (χ3v) is 5.99. The number of carbonyl (C=O) groups excluding carboxylic acids is 2. The highest BCUT2D eigenvalue weighted by Gasteiger charge is 2.21. The number of H-pyrrole nitrogens is 1. The van der Waals surface area contributed by atoms with Crippen LogP contribution in [0.25, 0.3) is 27.8 Å². The van der Waals surface area contributed by atoms with Crippen molar-refractivity contribution in [3.05, 3.63) is 89.4 Å². The second-order valence-electron chi connectivity index (χ2n) is 7.04. The lowest BCUT2D eigenvalue weighted by molar-refractivity contribution is -0.112. The van der Waals surface area contributed by atoms with Crippen LogP contribution in [0.15, 0.2) is 72.4 Å². The fraction of sp³-hybridized carbons (Fsp3) is 0.0400. The number of ether oxygens (including phenoxy) is 1. The number of halogens is 1. The van der Waals surface area contributed by atoms with Crippen LogP contribution >= 0.6 is 11.3 Å². The summed E-state index contributed by atoms with van der Waals surface area (Å²) in [6.07, 6.45) is 2.84. The molecule has 0 radical (unpaired) electrons. The Morgan fingerprint density at radius 3 is 2.56 bits per heavy atom. The Balaban J connectivity index is 1.65. The summed E-state index contributed by atoms with van der Waals surface area (Å²) >= 11 is 1.20. The highest BCUT2D eigenvalue weighted by atomic mass is 32.1. The van der Waals surface area contributed by atoms with Crippen LogP contribution in [-0.4, -0.2) is 29.2 Å². The van der Waals surface area contributed by atoms with Gasteiger partial charge in [-0.05, 0) is 42.0 Å². The summed E-state index contributed by atoms with van der Waals surface area (Å²) in [5, 5.41) is 19.3. The van der Waals surface area contributed by atoms with Gasteiger partial charge in [-0.3, -0.25) is 9.89 Å². The molecule has 2 aromatic heterocycles. The zero-order valence-electron chi connectivity index (χ0n) is 17.8. The molecule has 4 rings (SSSR count). The van der Waals surface area contributed by atoms with Crippen molar-refractivity contribution in [2.75, 3.05) is 12.4 Å². The van der Waals surface area contributed by atoms with Crippen LogP contribution in [0, 0.1) is 17.1 Å². The number of methoxy groups -OCH3 is 1. The van der Waals surface area contributed by atoms with Gasteiger partial charge in [0.2, 0.25) is 0 Å². The van der Waals surface area contributed by atoms with E-state index in [1.165, 1.54) is 42.9 Å². The normalized spacial score (nSPS) is 11.0. The molecule has 2 aromatic carbocycles. The first kappa shape index (κ1) is 22.6. The zero-order valence-corrected chi connectivity index (χ0v) is 18.7. The summed E-state index contributed by atoms with van der Waals surface area (Å²) < 4.78 is 18.1. The Kier molecular flexibility index (Phi) is 6.62. The number of hydrogen-bond acceptors (Lipinski definition) is 6. The molecule has 1 amide bonds. The number of benzene rings is 2. The van der Waals surface area contributed by atoms with Crippen LogP contribution in [0.4, 0.5) is 9.39 Å². The van der Waals surface area contributed by atoms with Crippen LogP contribution in [0.1, 0.15) is 15.9 Å². The minimum Gasteiger partial charge on any atom is -0.465 e. The summed E-state index contributed by atoms with van der Waals surface area (Å²) in [5.41, 5.74) is 2.50. The first-order chi connectivity index (χ1) is 16.5. The van der Waals surface area contributed by atoms with E-state index in [-0.39, 0.29) is 22.0 Å². The predicted molar refractivity (Wildman–Crippen MR) is 127 cm³/mol. The number of esters is 1. The molecule has 7 nitrogen and oxygen atoms in total. The average molecular weight is 473 g/mol. The minimum absolute atomic E-state index is 0.187. The maximum atomic E-state index is 13.3. The van der Waals surface area contributed by atoms with Gasteiger partial charge in [-0.2, -0.15) is 10.4 Å². The van der Waals surface area contributed by atoms with Gasteiger partial charge in [0.05, 0.1) is 24.6 Å². The Labute approximate surface area is 198 Å². The van der Waals surface area contributed by atoms with Crippen LogP contribution in [0.2, 0.25) is 0 Å². The summed E-state index contributed by atoms with van der Waals surface area (Å²) in [6, 6.07) is 18.6. The molecule has 0 spiro atoms.